The highest BCUT2D eigenvalue weighted by Gasteiger charge is 2.10. The third-order valence-corrected chi connectivity index (χ3v) is 3.81. The van der Waals surface area contributed by atoms with Crippen LogP contribution in [0.3, 0.4) is 0 Å². The van der Waals surface area contributed by atoms with Gasteiger partial charge in [-0.25, -0.2) is 0 Å². The predicted molar refractivity (Wildman–Crippen MR) is 75.1 cm³/mol. The van der Waals surface area contributed by atoms with Gasteiger partial charge < -0.3 is 4.74 Å². The number of ether oxygens (including phenoxy) is 1. The smallest absolute Gasteiger partial charge is 0.122 e. The highest BCUT2D eigenvalue weighted by Crippen LogP contribution is 2.23. The van der Waals surface area contributed by atoms with E-state index in [0.717, 1.165) is 25.0 Å². The van der Waals surface area contributed by atoms with Gasteiger partial charge in [0.15, 0.2) is 0 Å². The summed E-state index contributed by atoms with van der Waals surface area (Å²) < 4.78 is 5.37. The Morgan fingerprint density at radius 1 is 1.29 bits per heavy atom. The second kappa shape index (κ2) is 6.90. The van der Waals surface area contributed by atoms with Gasteiger partial charge in [0, 0.05) is 5.38 Å². The van der Waals surface area contributed by atoms with Crippen molar-refractivity contribution in [2.24, 2.45) is 5.92 Å². The van der Waals surface area contributed by atoms with Gasteiger partial charge in [-0.3, -0.25) is 0 Å². The number of rotatable bonds is 6. The highest BCUT2D eigenvalue weighted by atomic mass is 35.5. The summed E-state index contributed by atoms with van der Waals surface area (Å²) in [5.41, 5.74) is 2.58. The minimum absolute atomic E-state index is 0.283. The van der Waals surface area contributed by atoms with Crippen LogP contribution in [0.4, 0.5) is 0 Å². The number of halogens is 1. The molecule has 0 amide bonds. The van der Waals surface area contributed by atoms with E-state index in [0.29, 0.717) is 5.92 Å². The lowest BCUT2D eigenvalue weighted by Gasteiger charge is -2.14. The molecule has 1 aromatic rings. The fourth-order valence-electron chi connectivity index (χ4n) is 1.92. The molecule has 0 aromatic heterocycles. The van der Waals surface area contributed by atoms with Crippen LogP contribution in [0.15, 0.2) is 18.2 Å². The number of benzene rings is 1. The molecule has 0 fully saturated rings. The molecule has 0 saturated heterocycles. The fraction of sp³-hybridized carbons (Fsp3) is 0.600. The molecule has 0 spiro atoms. The molecule has 0 saturated carbocycles. The van der Waals surface area contributed by atoms with Crippen molar-refractivity contribution in [3.8, 4) is 5.75 Å². The number of hydrogen-bond acceptors (Lipinski definition) is 1. The number of alkyl halides is 1. The van der Waals surface area contributed by atoms with Crippen molar-refractivity contribution in [1.82, 2.24) is 0 Å². The molecule has 1 atom stereocenters. The lowest BCUT2D eigenvalue weighted by molar-refractivity contribution is 0.408. The van der Waals surface area contributed by atoms with Gasteiger partial charge in [-0.15, -0.1) is 11.6 Å². The highest BCUT2D eigenvalue weighted by molar-refractivity contribution is 6.20. The van der Waals surface area contributed by atoms with Crippen LogP contribution in [0.5, 0.6) is 5.75 Å². The van der Waals surface area contributed by atoms with E-state index in [-0.39, 0.29) is 5.38 Å². The Balaban J connectivity index is 2.53. The average molecular weight is 255 g/mol. The Kier molecular flexibility index (Phi) is 5.84. The monoisotopic (exact) mass is 254 g/mol. The maximum Gasteiger partial charge on any atom is 0.122 e. The number of hydrogen-bond donors (Lipinski definition) is 0. The summed E-state index contributed by atoms with van der Waals surface area (Å²) in [6.45, 7) is 6.46. The Morgan fingerprint density at radius 3 is 2.59 bits per heavy atom. The molecule has 0 bridgehead atoms. The van der Waals surface area contributed by atoms with Crippen LogP contribution in [-0.4, -0.2) is 12.5 Å². The van der Waals surface area contributed by atoms with Crippen LogP contribution in [0, 0.1) is 12.8 Å². The lowest BCUT2D eigenvalue weighted by atomic mass is 10.0. The SMILES string of the molecule is COc1ccc(C)cc1CCCC(Cl)C(C)C. The standard InChI is InChI=1S/C15H23ClO/c1-11(2)14(16)7-5-6-13-10-12(3)8-9-15(13)17-4/h8-11,14H,5-7H2,1-4H3. The fourth-order valence-corrected chi connectivity index (χ4v) is 2.08. The average Bonchev–Trinajstić information content (AvgIpc) is 2.29. The molecule has 0 aliphatic heterocycles. The van der Waals surface area contributed by atoms with Crippen LogP contribution >= 0.6 is 11.6 Å². The van der Waals surface area contributed by atoms with E-state index in [1.165, 1.54) is 11.1 Å². The zero-order valence-corrected chi connectivity index (χ0v) is 12.1. The van der Waals surface area contributed by atoms with Gasteiger partial charge >= 0.3 is 0 Å². The largest absolute Gasteiger partial charge is 0.496 e. The van der Waals surface area contributed by atoms with E-state index in [2.05, 4.69) is 32.9 Å². The van der Waals surface area contributed by atoms with E-state index >= 15 is 0 Å². The molecule has 1 aromatic carbocycles. The first kappa shape index (κ1) is 14.4. The summed E-state index contributed by atoms with van der Waals surface area (Å²) in [5, 5.41) is 0.283. The van der Waals surface area contributed by atoms with Crippen molar-refractivity contribution in [3.63, 3.8) is 0 Å². The molecule has 1 rings (SSSR count). The second-order valence-corrected chi connectivity index (χ2v) is 5.53. The molecule has 0 radical (unpaired) electrons. The Labute approximate surface area is 110 Å². The zero-order chi connectivity index (χ0) is 12.8. The molecule has 0 aliphatic rings. The third kappa shape index (κ3) is 4.59. The lowest BCUT2D eigenvalue weighted by Crippen LogP contribution is -2.07. The van der Waals surface area contributed by atoms with Crippen LogP contribution in [0.25, 0.3) is 0 Å². The van der Waals surface area contributed by atoms with Crippen LogP contribution in [0.2, 0.25) is 0 Å². The van der Waals surface area contributed by atoms with E-state index in [9.17, 15) is 0 Å². The topological polar surface area (TPSA) is 9.23 Å². The van der Waals surface area contributed by atoms with Crippen LogP contribution < -0.4 is 4.74 Å². The quantitative estimate of drug-likeness (QED) is 0.675. The molecule has 0 heterocycles. The maximum absolute atomic E-state index is 6.26. The summed E-state index contributed by atoms with van der Waals surface area (Å²) >= 11 is 6.26. The zero-order valence-electron chi connectivity index (χ0n) is 11.3. The Bertz CT molecular complexity index is 347. The van der Waals surface area contributed by atoms with Gasteiger partial charge in [-0.05, 0) is 43.7 Å². The minimum atomic E-state index is 0.283. The summed E-state index contributed by atoms with van der Waals surface area (Å²) in [7, 11) is 1.73. The molecule has 0 N–H and O–H groups in total. The molecule has 17 heavy (non-hydrogen) atoms. The van der Waals surface area contributed by atoms with E-state index < -0.39 is 0 Å². The number of aryl methyl sites for hydroxylation is 2. The molecular formula is C15H23ClO. The first-order valence-electron chi connectivity index (χ1n) is 6.32. The van der Waals surface area contributed by atoms with Gasteiger partial charge in [0.05, 0.1) is 7.11 Å². The molecule has 0 aliphatic carbocycles. The van der Waals surface area contributed by atoms with Gasteiger partial charge in [0.1, 0.15) is 5.75 Å². The van der Waals surface area contributed by atoms with Crippen molar-refractivity contribution in [2.45, 2.75) is 45.4 Å². The van der Waals surface area contributed by atoms with Gasteiger partial charge in [-0.1, -0.05) is 31.5 Å². The van der Waals surface area contributed by atoms with E-state index in [1.807, 2.05) is 6.07 Å². The second-order valence-electron chi connectivity index (χ2n) is 4.97. The first-order chi connectivity index (χ1) is 8.04. The normalized spacial score (nSPS) is 12.8. The summed E-state index contributed by atoms with van der Waals surface area (Å²) in [5.74, 6) is 1.54. The van der Waals surface area contributed by atoms with Crippen molar-refractivity contribution in [3.05, 3.63) is 29.3 Å². The third-order valence-electron chi connectivity index (χ3n) is 3.09. The molecule has 2 heteroatoms. The van der Waals surface area contributed by atoms with Crippen molar-refractivity contribution >= 4 is 11.6 Å². The Morgan fingerprint density at radius 2 is 2.00 bits per heavy atom. The summed E-state index contributed by atoms with van der Waals surface area (Å²) in [4.78, 5) is 0. The van der Waals surface area contributed by atoms with Crippen molar-refractivity contribution in [1.29, 1.82) is 0 Å². The van der Waals surface area contributed by atoms with Gasteiger partial charge in [0.2, 0.25) is 0 Å². The summed E-state index contributed by atoms with van der Waals surface area (Å²) in [6, 6.07) is 6.34. The summed E-state index contributed by atoms with van der Waals surface area (Å²) in [6.07, 6.45) is 3.23. The molecule has 1 nitrogen and oxygen atoms in total. The molecular weight excluding hydrogens is 232 g/mol. The Hall–Kier alpha value is -0.690. The van der Waals surface area contributed by atoms with Crippen molar-refractivity contribution in [2.75, 3.05) is 7.11 Å². The minimum Gasteiger partial charge on any atom is -0.496 e. The first-order valence-corrected chi connectivity index (χ1v) is 6.75. The number of methoxy groups -OCH3 is 1. The molecule has 1 unspecified atom stereocenters. The maximum atomic E-state index is 6.26. The molecule has 96 valence electrons. The van der Waals surface area contributed by atoms with Crippen molar-refractivity contribution < 1.29 is 4.74 Å². The van der Waals surface area contributed by atoms with Gasteiger partial charge in [0.25, 0.3) is 0 Å². The van der Waals surface area contributed by atoms with Crippen LogP contribution in [0.1, 0.15) is 37.8 Å². The predicted octanol–water partition coefficient (Wildman–Crippen LogP) is 4.59. The van der Waals surface area contributed by atoms with E-state index in [1.54, 1.807) is 7.11 Å². The van der Waals surface area contributed by atoms with E-state index in [4.69, 9.17) is 16.3 Å². The van der Waals surface area contributed by atoms with Crippen LogP contribution in [-0.2, 0) is 6.42 Å². The van der Waals surface area contributed by atoms with Gasteiger partial charge in [-0.2, -0.15) is 0 Å².